The van der Waals surface area contributed by atoms with Gasteiger partial charge in [0.2, 0.25) is 0 Å². The number of halogens is 3. The van der Waals surface area contributed by atoms with E-state index in [1.54, 1.807) is 12.1 Å². The zero-order chi connectivity index (χ0) is 16.6. The maximum atomic E-state index is 14.0. The molecule has 0 heterocycles. The van der Waals surface area contributed by atoms with Gasteiger partial charge in [-0.2, -0.15) is 0 Å². The highest BCUT2D eigenvalue weighted by Gasteiger charge is 2.24. The van der Waals surface area contributed by atoms with E-state index in [1.165, 1.54) is 6.07 Å². The van der Waals surface area contributed by atoms with Crippen molar-refractivity contribution in [2.75, 3.05) is 0 Å². The van der Waals surface area contributed by atoms with Crippen LogP contribution in [0.4, 0.5) is 13.2 Å². The number of hydrogen-bond donors (Lipinski definition) is 1. The Morgan fingerprint density at radius 1 is 1.13 bits per heavy atom. The number of carboxylic acids is 1. The van der Waals surface area contributed by atoms with Crippen molar-refractivity contribution in [3.63, 3.8) is 0 Å². The predicted octanol–water partition coefficient (Wildman–Crippen LogP) is 4.67. The van der Waals surface area contributed by atoms with Crippen LogP contribution in [-0.2, 0) is 11.2 Å². The highest BCUT2D eigenvalue weighted by atomic mass is 19.2. The van der Waals surface area contributed by atoms with Gasteiger partial charge in [0.15, 0.2) is 17.5 Å². The predicted molar refractivity (Wildman–Crippen MR) is 79.7 cm³/mol. The average molecular weight is 320 g/mol. The number of aryl methyl sites for hydroxylation is 1. The van der Waals surface area contributed by atoms with Crippen LogP contribution >= 0.6 is 0 Å². The Labute approximate surface area is 131 Å². The zero-order valence-corrected chi connectivity index (χ0v) is 12.3. The molecule has 2 aromatic carbocycles. The first kappa shape index (κ1) is 15.6. The molecule has 1 unspecified atom stereocenters. The number of carboxylic acid groups (broad SMARTS) is 1. The second-order valence-corrected chi connectivity index (χ2v) is 5.82. The lowest BCUT2D eigenvalue weighted by atomic mass is 9.80. The van der Waals surface area contributed by atoms with Crippen LogP contribution in [0.15, 0.2) is 30.3 Å². The molecule has 5 heteroatoms. The molecule has 0 saturated heterocycles. The van der Waals surface area contributed by atoms with Gasteiger partial charge in [0, 0.05) is 5.56 Å². The van der Waals surface area contributed by atoms with E-state index in [2.05, 4.69) is 0 Å². The van der Waals surface area contributed by atoms with Crippen LogP contribution in [0, 0.1) is 17.5 Å². The highest BCUT2D eigenvalue weighted by molar-refractivity contribution is 5.70. The van der Waals surface area contributed by atoms with Gasteiger partial charge in [-0.25, -0.2) is 13.2 Å². The molecule has 120 valence electrons. The molecule has 1 N–H and O–H groups in total. The zero-order valence-electron chi connectivity index (χ0n) is 12.3. The molecular weight excluding hydrogens is 305 g/mol. The summed E-state index contributed by atoms with van der Waals surface area (Å²) in [5.41, 5.74) is 2.30. The third-order valence-electron chi connectivity index (χ3n) is 4.35. The number of aliphatic carboxylic acids is 1. The van der Waals surface area contributed by atoms with Crippen LogP contribution in [0.1, 0.15) is 36.3 Å². The summed E-state index contributed by atoms with van der Waals surface area (Å²) in [5, 5.41) is 9.04. The first-order chi connectivity index (χ1) is 11.0. The monoisotopic (exact) mass is 320 g/mol. The number of fused-ring (bicyclic) bond motifs is 1. The largest absolute Gasteiger partial charge is 0.481 e. The van der Waals surface area contributed by atoms with Crippen molar-refractivity contribution in [2.45, 2.75) is 31.6 Å². The summed E-state index contributed by atoms with van der Waals surface area (Å²) in [7, 11) is 0. The lowest BCUT2D eigenvalue weighted by Crippen LogP contribution is -2.13. The fourth-order valence-electron chi connectivity index (χ4n) is 3.24. The van der Waals surface area contributed by atoms with E-state index in [1.807, 2.05) is 6.07 Å². The maximum absolute atomic E-state index is 14.0. The van der Waals surface area contributed by atoms with E-state index in [0.29, 0.717) is 5.56 Å². The van der Waals surface area contributed by atoms with Crippen molar-refractivity contribution < 1.29 is 23.1 Å². The summed E-state index contributed by atoms with van der Waals surface area (Å²) in [6.07, 6.45) is 2.51. The maximum Gasteiger partial charge on any atom is 0.303 e. The van der Waals surface area contributed by atoms with E-state index in [0.717, 1.165) is 36.5 Å². The summed E-state index contributed by atoms with van der Waals surface area (Å²) in [6, 6.07) is 7.28. The number of benzene rings is 2. The Bertz CT molecular complexity index is 771. The molecule has 2 nitrogen and oxygen atoms in total. The Morgan fingerprint density at radius 3 is 2.65 bits per heavy atom. The molecule has 3 rings (SSSR count). The molecule has 2 aromatic rings. The topological polar surface area (TPSA) is 37.3 Å². The summed E-state index contributed by atoms with van der Waals surface area (Å²) in [4.78, 5) is 11.0. The van der Waals surface area contributed by atoms with Crippen LogP contribution in [-0.4, -0.2) is 11.1 Å². The molecule has 0 radical (unpaired) electrons. The van der Waals surface area contributed by atoms with E-state index in [4.69, 9.17) is 5.11 Å². The molecule has 1 atom stereocenters. The number of rotatable bonds is 3. The Balaban J connectivity index is 2.06. The molecule has 0 aromatic heterocycles. The van der Waals surface area contributed by atoms with Crippen molar-refractivity contribution in [1.29, 1.82) is 0 Å². The SMILES string of the molecule is O=C(O)CC1CCCc2ccc(-c3ccc(F)c(F)c3F)cc21. The van der Waals surface area contributed by atoms with Gasteiger partial charge in [0.25, 0.3) is 0 Å². The van der Waals surface area contributed by atoms with Crippen molar-refractivity contribution in [2.24, 2.45) is 0 Å². The van der Waals surface area contributed by atoms with E-state index < -0.39 is 23.4 Å². The van der Waals surface area contributed by atoms with E-state index in [9.17, 15) is 18.0 Å². The van der Waals surface area contributed by atoms with Crippen molar-refractivity contribution in [3.05, 3.63) is 58.9 Å². The van der Waals surface area contributed by atoms with Gasteiger partial charge in [-0.05, 0) is 54.0 Å². The fraction of sp³-hybridized carbons (Fsp3) is 0.278. The molecule has 1 aliphatic rings. The third-order valence-corrected chi connectivity index (χ3v) is 4.35. The van der Waals surface area contributed by atoms with Crippen molar-refractivity contribution in [1.82, 2.24) is 0 Å². The molecule has 0 fully saturated rings. The van der Waals surface area contributed by atoms with Gasteiger partial charge in [-0.3, -0.25) is 4.79 Å². The van der Waals surface area contributed by atoms with Gasteiger partial charge in [0.05, 0.1) is 6.42 Å². The molecule has 0 aliphatic heterocycles. The second-order valence-electron chi connectivity index (χ2n) is 5.82. The van der Waals surface area contributed by atoms with Crippen LogP contribution in [0.5, 0.6) is 0 Å². The highest BCUT2D eigenvalue weighted by Crippen LogP contribution is 2.37. The lowest BCUT2D eigenvalue weighted by molar-refractivity contribution is -0.137. The quantitative estimate of drug-likeness (QED) is 0.835. The Kier molecular flexibility index (Phi) is 4.11. The third kappa shape index (κ3) is 2.96. The van der Waals surface area contributed by atoms with Crippen molar-refractivity contribution in [3.8, 4) is 11.1 Å². The second kappa shape index (κ2) is 6.07. The van der Waals surface area contributed by atoms with E-state index >= 15 is 0 Å². The number of hydrogen-bond acceptors (Lipinski definition) is 1. The van der Waals surface area contributed by atoms with Crippen LogP contribution in [0.25, 0.3) is 11.1 Å². The lowest BCUT2D eigenvalue weighted by Gasteiger charge is -2.25. The normalized spacial score (nSPS) is 16.9. The smallest absolute Gasteiger partial charge is 0.303 e. The number of carbonyl (C=O) groups is 1. The molecule has 0 bridgehead atoms. The van der Waals surface area contributed by atoms with E-state index in [-0.39, 0.29) is 17.9 Å². The van der Waals surface area contributed by atoms with Gasteiger partial charge >= 0.3 is 5.97 Å². The van der Waals surface area contributed by atoms with Crippen LogP contribution < -0.4 is 0 Å². The van der Waals surface area contributed by atoms with Crippen molar-refractivity contribution >= 4 is 5.97 Å². The molecule has 1 aliphatic carbocycles. The van der Waals surface area contributed by atoms with Crippen LogP contribution in [0.2, 0.25) is 0 Å². The van der Waals surface area contributed by atoms with Crippen LogP contribution in [0.3, 0.4) is 0 Å². The molecule has 0 saturated carbocycles. The van der Waals surface area contributed by atoms with Gasteiger partial charge < -0.3 is 5.11 Å². The Hall–Kier alpha value is -2.30. The molecule has 0 spiro atoms. The average Bonchev–Trinajstić information content (AvgIpc) is 2.52. The summed E-state index contributed by atoms with van der Waals surface area (Å²) in [6.45, 7) is 0. The minimum atomic E-state index is -1.50. The summed E-state index contributed by atoms with van der Waals surface area (Å²) < 4.78 is 40.5. The minimum absolute atomic E-state index is 0.0106. The van der Waals surface area contributed by atoms with Gasteiger partial charge in [-0.15, -0.1) is 0 Å². The first-order valence-electron chi connectivity index (χ1n) is 7.46. The van der Waals surface area contributed by atoms with Gasteiger partial charge in [-0.1, -0.05) is 18.2 Å². The summed E-state index contributed by atoms with van der Waals surface area (Å²) >= 11 is 0. The minimum Gasteiger partial charge on any atom is -0.481 e. The Morgan fingerprint density at radius 2 is 1.91 bits per heavy atom. The first-order valence-corrected chi connectivity index (χ1v) is 7.46. The molecule has 23 heavy (non-hydrogen) atoms. The molecule has 0 amide bonds. The molecular formula is C18H15F3O2. The standard InChI is InChI=1S/C18H15F3O2/c19-15-7-6-13(17(20)18(15)21)12-5-4-10-2-1-3-11(9-16(22)23)14(10)8-12/h4-8,11H,1-3,9H2,(H,22,23). The van der Waals surface area contributed by atoms with Gasteiger partial charge in [0.1, 0.15) is 0 Å². The fourth-order valence-corrected chi connectivity index (χ4v) is 3.24. The summed E-state index contributed by atoms with van der Waals surface area (Å²) in [5.74, 6) is -4.97.